The highest BCUT2D eigenvalue weighted by atomic mass is 16.5. The summed E-state index contributed by atoms with van der Waals surface area (Å²) in [5.74, 6) is 1.28. The second kappa shape index (κ2) is 7.35. The average Bonchev–Trinajstić information content (AvgIpc) is 2.91. The highest BCUT2D eigenvalue weighted by Crippen LogP contribution is 2.46. The van der Waals surface area contributed by atoms with Crippen molar-refractivity contribution in [3.63, 3.8) is 0 Å². The molecule has 2 aliphatic rings. The number of piperidine rings is 1. The fourth-order valence-corrected chi connectivity index (χ4v) is 4.77. The molecule has 142 valence electrons. The maximum Gasteiger partial charge on any atom is 0.316 e. The van der Waals surface area contributed by atoms with Gasteiger partial charge >= 0.3 is 5.97 Å². The Morgan fingerprint density at radius 2 is 1.67 bits per heavy atom. The van der Waals surface area contributed by atoms with Crippen LogP contribution in [0.5, 0.6) is 11.5 Å². The van der Waals surface area contributed by atoms with E-state index in [1.54, 1.807) is 19.2 Å². The number of esters is 1. The molecule has 0 spiro atoms. The van der Waals surface area contributed by atoms with Gasteiger partial charge in [-0.25, -0.2) is 0 Å². The van der Waals surface area contributed by atoms with E-state index in [4.69, 9.17) is 9.47 Å². The average molecular weight is 365 g/mol. The fourth-order valence-electron chi connectivity index (χ4n) is 4.77. The third kappa shape index (κ3) is 3.46. The van der Waals surface area contributed by atoms with Gasteiger partial charge in [0, 0.05) is 18.0 Å². The van der Waals surface area contributed by atoms with Gasteiger partial charge in [0.1, 0.15) is 11.5 Å². The molecule has 2 aromatic rings. The van der Waals surface area contributed by atoms with Crippen molar-refractivity contribution in [1.29, 1.82) is 0 Å². The summed E-state index contributed by atoms with van der Waals surface area (Å²) in [6.07, 6.45) is 3.24. The first-order valence-corrected chi connectivity index (χ1v) is 9.71. The van der Waals surface area contributed by atoms with Crippen LogP contribution >= 0.6 is 0 Å². The fraction of sp³-hybridized carbons (Fsp3) is 0.435. The van der Waals surface area contributed by atoms with Crippen molar-refractivity contribution in [3.8, 4) is 11.5 Å². The smallest absolute Gasteiger partial charge is 0.316 e. The summed E-state index contributed by atoms with van der Waals surface area (Å²) in [6.45, 7) is 2.09. The molecule has 2 aliphatic heterocycles. The minimum absolute atomic E-state index is 0.122. The molecule has 0 N–H and O–H groups in total. The molecule has 4 unspecified atom stereocenters. The number of hydrogen-bond acceptors (Lipinski definition) is 4. The zero-order chi connectivity index (χ0) is 19.0. The molecule has 4 heteroatoms. The Hall–Kier alpha value is -2.33. The molecule has 2 fully saturated rings. The van der Waals surface area contributed by atoms with E-state index in [1.165, 1.54) is 11.1 Å². The summed E-state index contributed by atoms with van der Waals surface area (Å²) < 4.78 is 11.0. The number of fused-ring (bicyclic) bond motifs is 2. The number of carbonyl (C=O) groups is 1. The van der Waals surface area contributed by atoms with Crippen LogP contribution in [0.1, 0.15) is 36.3 Å². The van der Waals surface area contributed by atoms with Gasteiger partial charge in [0.15, 0.2) is 0 Å². The van der Waals surface area contributed by atoms with Crippen molar-refractivity contribution in [2.45, 2.75) is 44.2 Å². The Morgan fingerprint density at radius 3 is 2.33 bits per heavy atom. The highest BCUT2D eigenvalue weighted by Gasteiger charge is 2.49. The molecule has 2 aromatic carbocycles. The number of rotatable bonds is 4. The molecule has 2 heterocycles. The zero-order valence-corrected chi connectivity index (χ0v) is 16.2. The number of methoxy groups -OCH3 is 1. The van der Waals surface area contributed by atoms with Gasteiger partial charge in [-0.05, 0) is 63.1 Å². The van der Waals surface area contributed by atoms with Crippen LogP contribution < -0.4 is 9.47 Å². The molecule has 2 saturated heterocycles. The van der Waals surface area contributed by atoms with Crippen LogP contribution in [0.15, 0.2) is 48.5 Å². The van der Waals surface area contributed by atoms with Crippen LogP contribution in [-0.4, -0.2) is 37.1 Å². The second-order valence-electron chi connectivity index (χ2n) is 7.84. The van der Waals surface area contributed by atoms with Crippen LogP contribution in [0.3, 0.4) is 0 Å². The molecule has 27 heavy (non-hydrogen) atoms. The van der Waals surface area contributed by atoms with Crippen molar-refractivity contribution < 1.29 is 14.3 Å². The first kappa shape index (κ1) is 18.1. The third-order valence-electron chi connectivity index (χ3n) is 6.32. The van der Waals surface area contributed by atoms with Crippen molar-refractivity contribution in [1.82, 2.24) is 4.90 Å². The minimum atomic E-state index is -0.140. The predicted molar refractivity (Wildman–Crippen MR) is 105 cm³/mol. The van der Waals surface area contributed by atoms with Gasteiger partial charge < -0.3 is 9.47 Å². The van der Waals surface area contributed by atoms with Gasteiger partial charge in [0.2, 0.25) is 0 Å². The van der Waals surface area contributed by atoms with Crippen molar-refractivity contribution in [3.05, 3.63) is 59.7 Å². The Balaban J connectivity index is 1.60. The molecule has 0 radical (unpaired) electrons. The minimum Gasteiger partial charge on any atom is -0.497 e. The Morgan fingerprint density at radius 1 is 1.00 bits per heavy atom. The Labute approximate surface area is 161 Å². The quantitative estimate of drug-likeness (QED) is 0.602. The lowest BCUT2D eigenvalue weighted by atomic mass is 9.76. The summed E-state index contributed by atoms with van der Waals surface area (Å²) >= 11 is 0. The van der Waals surface area contributed by atoms with Crippen LogP contribution in [0.4, 0.5) is 0 Å². The summed E-state index contributed by atoms with van der Waals surface area (Å²) in [6, 6.07) is 16.7. The SMILES string of the molecule is COc1ccc(OC(=O)C2C(c3ccc(C)cc3)CC3CCC2N3C)cc1. The van der Waals surface area contributed by atoms with E-state index in [2.05, 4.69) is 43.1 Å². The van der Waals surface area contributed by atoms with E-state index >= 15 is 0 Å². The van der Waals surface area contributed by atoms with Gasteiger partial charge in [0.25, 0.3) is 0 Å². The summed E-state index contributed by atoms with van der Waals surface area (Å²) in [5.41, 5.74) is 2.49. The summed E-state index contributed by atoms with van der Waals surface area (Å²) in [4.78, 5) is 15.6. The van der Waals surface area contributed by atoms with E-state index in [1.807, 2.05) is 12.1 Å². The van der Waals surface area contributed by atoms with E-state index in [-0.39, 0.29) is 23.8 Å². The Bertz CT molecular complexity index is 799. The van der Waals surface area contributed by atoms with Crippen LogP contribution in [0.2, 0.25) is 0 Å². The van der Waals surface area contributed by atoms with Crippen LogP contribution in [0.25, 0.3) is 0 Å². The largest absolute Gasteiger partial charge is 0.497 e. The summed E-state index contributed by atoms with van der Waals surface area (Å²) in [7, 11) is 3.78. The van der Waals surface area contributed by atoms with Gasteiger partial charge in [-0.1, -0.05) is 29.8 Å². The molecule has 2 bridgehead atoms. The van der Waals surface area contributed by atoms with Crippen molar-refractivity contribution in [2.75, 3.05) is 14.2 Å². The lowest BCUT2D eigenvalue weighted by molar-refractivity contribution is -0.143. The second-order valence-corrected chi connectivity index (χ2v) is 7.84. The van der Waals surface area contributed by atoms with Gasteiger partial charge in [-0.3, -0.25) is 9.69 Å². The molecular weight excluding hydrogens is 338 g/mol. The molecule has 0 saturated carbocycles. The van der Waals surface area contributed by atoms with Crippen LogP contribution in [-0.2, 0) is 4.79 Å². The molecule has 0 aromatic heterocycles. The maximum atomic E-state index is 13.2. The van der Waals surface area contributed by atoms with Gasteiger partial charge in [-0.2, -0.15) is 0 Å². The molecular formula is C23H27NO3. The molecule has 4 atom stereocenters. The van der Waals surface area contributed by atoms with Crippen molar-refractivity contribution >= 4 is 5.97 Å². The predicted octanol–water partition coefficient (Wildman–Crippen LogP) is 4.18. The highest BCUT2D eigenvalue weighted by molar-refractivity contribution is 5.77. The van der Waals surface area contributed by atoms with E-state index < -0.39 is 0 Å². The molecule has 0 amide bonds. The number of hydrogen-bond donors (Lipinski definition) is 0. The zero-order valence-electron chi connectivity index (χ0n) is 16.2. The van der Waals surface area contributed by atoms with E-state index in [0.29, 0.717) is 11.8 Å². The summed E-state index contributed by atoms with van der Waals surface area (Å²) in [5, 5.41) is 0. The molecule has 0 aliphatic carbocycles. The number of benzene rings is 2. The number of carbonyl (C=O) groups excluding carboxylic acids is 1. The Kier molecular flexibility index (Phi) is 4.92. The monoisotopic (exact) mass is 365 g/mol. The number of aryl methyl sites for hydroxylation is 1. The first-order valence-electron chi connectivity index (χ1n) is 9.71. The van der Waals surface area contributed by atoms with Gasteiger partial charge in [0.05, 0.1) is 13.0 Å². The van der Waals surface area contributed by atoms with Crippen LogP contribution in [0, 0.1) is 12.8 Å². The lowest BCUT2D eigenvalue weighted by Crippen LogP contribution is -2.49. The van der Waals surface area contributed by atoms with Crippen molar-refractivity contribution in [2.24, 2.45) is 5.92 Å². The third-order valence-corrected chi connectivity index (χ3v) is 6.32. The topological polar surface area (TPSA) is 38.8 Å². The number of nitrogens with zero attached hydrogens (tertiary/aromatic N) is 1. The van der Waals surface area contributed by atoms with E-state index in [9.17, 15) is 4.79 Å². The van der Waals surface area contributed by atoms with E-state index in [0.717, 1.165) is 25.0 Å². The molecule has 4 nitrogen and oxygen atoms in total. The van der Waals surface area contributed by atoms with Gasteiger partial charge in [-0.15, -0.1) is 0 Å². The maximum absolute atomic E-state index is 13.2. The lowest BCUT2D eigenvalue weighted by Gasteiger charge is -2.41. The molecule has 4 rings (SSSR count). The first-order chi connectivity index (χ1) is 13.1. The standard InChI is InChI=1S/C23H27NO3/c1-15-4-6-16(7-5-15)20-14-17-8-13-21(24(17)2)22(20)23(25)27-19-11-9-18(26-3)10-12-19/h4-7,9-12,17,20-22H,8,13-14H2,1-3H3. The normalized spacial score (nSPS) is 27.4. The number of ether oxygens (including phenoxy) is 2.